The number of aliphatic hydroxyl groups is 1. The predicted octanol–water partition coefficient (Wildman–Crippen LogP) is 2.82. The summed E-state index contributed by atoms with van der Waals surface area (Å²) in [6.45, 7) is 4.90. The molecule has 4 atom stereocenters. The van der Waals surface area contributed by atoms with Crippen LogP contribution in [0.15, 0.2) is 59.5 Å². The van der Waals surface area contributed by atoms with Gasteiger partial charge in [0.1, 0.15) is 17.6 Å². The first-order valence-corrected chi connectivity index (χ1v) is 14.1. The number of rotatable bonds is 12. The molecule has 1 aliphatic rings. The summed E-state index contributed by atoms with van der Waals surface area (Å²) in [6, 6.07) is 12.5. The Labute approximate surface area is 222 Å². The van der Waals surface area contributed by atoms with Crippen LogP contribution in [0.3, 0.4) is 0 Å². The topological polar surface area (TPSA) is 157 Å². The van der Waals surface area contributed by atoms with Gasteiger partial charge in [-0.05, 0) is 49.4 Å². The number of nitrogens with zero attached hydrogens (tertiary/aromatic N) is 1. The Hall–Kier alpha value is -3.06. The van der Waals surface area contributed by atoms with E-state index in [1.165, 1.54) is 0 Å². The van der Waals surface area contributed by atoms with Crippen molar-refractivity contribution in [2.45, 2.75) is 61.6 Å². The van der Waals surface area contributed by atoms with Crippen molar-refractivity contribution >= 4 is 21.6 Å². The number of ether oxygens (including phenoxy) is 2. The van der Waals surface area contributed by atoms with Gasteiger partial charge in [0, 0.05) is 18.7 Å². The number of nitro groups is 1. The zero-order valence-electron chi connectivity index (χ0n) is 21.5. The molecule has 0 saturated carbocycles. The van der Waals surface area contributed by atoms with Crippen LogP contribution in [0.4, 0.5) is 10.5 Å². The lowest BCUT2D eigenvalue weighted by Crippen LogP contribution is -2.57. The first kappa shape index (κ1) is 29.5. The van der Waals surface area contributed by atoms with Gasteiger partial charge in [-0.3, -0.25) is 15.4 Å². The molecule has 208 valence electrons. The summed E-state index contributed by atoms with van der Waals surface area (Å²) in [4.78, 5) is 23.0. The first-order valence-electron chi connectivity index (χ1n) is 12.6. The van der Waals surface area contributed by atoms with Crippen molar-refractivity contribution in [3.63, 3.8) is 0 Å². The average molecular weight is 550 g/mol. The number of sulfone groups is 1. The predicted molar refractivity (Wildman–Crippen MR) is 140 cm³/mol. The fourth-order valence-electron chi connectivity index (χ4n) is 4.15. The van der Waals surface area contributed by atoms with Gasteiger partial charge in [0.2, 0.25) is 0 Å². The van der Waals surface area contributed by atoms with Crippen LogP contribution < -0.4 is 10.6 Å². The molecule has 3 N–H and O–H groups in total. The van der Waals surface area contributed by atoms with Crippen LogP contribution >= 0.6 is 0 Å². The second-order valence-corrected chi connectivity index (χ2v) is 11.8. The van der Waals surface area contributed by atoms with Crippen molar-refractivity contribution in [3.05, 3.63) is 70.3 Å². The summed E-state index contributed by atoms with van der Waals surface area (Å²) in [7, 11) is -4.23. The molecule has 1 fully saturated rings. The summed E-state index contributed by atoms with van der Waals surface area (Å²) in [6.07, 6.45) is -1.28. The number of alkyl carbamates (subject to hydrolysis) is 1. The molecule has 0 radical (unpaired) electrons. The molecule has 1 aliphatic heterocycles. The van der Waals surface area contributed by atoms with Gasteiger partial charge < -0.3 is 19.9 Å². The van der Waals surface area contributed by atoms with E-state index < -0.39 is 44.5 Å². The molecule has 38 heavy (non-hydrogen) atoms. The third-order valence-electron chi connectivity index (χ3n) is 6.15. The Morgan fingerprint density at radius 1 is 1.18 bits per heavy atom. The number of hydrogen-bond acceptors (Lipinski definition) is 9. The molecule has 1 amide bonds. The Morgan fingerprint density at radius 3 is 2.45 bits per heavy atom. The van der Waals surface area contributed by atoms with E-state index in [-0.39, 0.29) is 36.1 Å². The molecule has 11 nitrogen and oxygen atoms in total. The van der Waals surface area contributed by atoms with Gasteiger partial charge in [0.25, 0.3) is 5.69 Å². The van der Waals surface area contributed by atoms with Crippen LogP contribution in [0.25, 0.3) is 0 Å². The maximum Gasteiger partial charge on any atom is 0.407 e. The third-order valence-corrected chi connectivity index (χ3v) is 8.20. The number of non-ortho nitro benzene ring substituents is 1. The van der Waals surface area contributed by atoms with Crippen molar-refractivity contribution in [1.29, 1.82) is 0 Å². The minimum Gasteiger partial charge on any atom is -0.444 e. The summed E-state index contributed by atoms with van der Waals surface area (Å²) in [5.41, 5.74) is 0.516. The molecule has 1 heterocycles. The van der Waals surface area contributed by atoms with Gasteiger partial charge in [-0.25, -0.2) is 13.2 Å². The zero-order chi connectivity index (χ0) is 27.7. The van der Waals surface area contributed by atoms with E-state index in [1.54, 1.807) is 12.1 Å². The molecule has 0 bridgehead atoms. The molecule has 3 rings (SSSR count). The second kappa shape index (κ2) is 13.7. The van der Waals surface area contributed by atoms with Gasteiger partial charge >= 0.3 is 6.09 Å². The van der Waals surface area contributed by atoms with Crippen LogP contribution in [-0.2, 0) is 25.7 Å². The van der Waals surface area contributed by atoms with Crippen molar-refractivity contribution in [2.24, 2.45) is 5.92 Å². The van der Waals surface area contributed by atoms with E-state index in [1.807, 2.05) is 32.0 Å². The Bertz CT molecular complexity index is 1150. The van der Waals surface area contributed by atoms with Crippen LogP contribution in [0.5, 0.6) is 0 Å². The molecular formula is C26H35N3O8S. The fourth-order valence-corrected chi connectivity index (χ4v) is 5.83. The molecule has 2 aromatic rings. The summed E-state index contributed by atoms with van der Waals surface area (Å²) in [5.74, 6) is 0.0496. The minimum absolute atomic E-state index is 0.0496. The number of nitrogens with one attached hydrogen (secondary N) is 2. The number of aliphatic hydroxyl groups excluding tert-OH is 1. The Kier molecular flexibility index (Phi) is 10.6. The highest BCUT2D eigenvalue weighted by atomic mass is 32.2. The van der Waals surface area contributed by atoms with Crippen molar-refractivity contribution < 1.29 is 32.7 Å². The number of benzene rings is 2. The summed E-state index contributed by atoms with van der Waals surface area (Å²) in [5, 5.41) is 26.6. The molecule has 2 aromatic carbocycles. The van der Waals surface area contributed by atoms with E-state index in [9.17, 15) is 28.4 Å². The number of nitro benzene ring substituents is 1. The second-order valence-electron chi connectivity index (χ2n) is 9.69. The molecule has 0 aromatic heterocycles. The van der Waals surface area contributed by atoms with Crippen molar-refractivity contribution in [3.8, 4) is 0 Å². The van der Waals surface area contributed by atoms with E-state index in [0.29, 0.717) is 13.0 Å². The lowest BCUT2D eigenvalue weighted by Gasteiger charge is -2.32. The van der Waals surface area contributed by atoms with Crippen molar-refractivity contribution in [1.82, 2.24) is 10.6 Å². The van der Waals surface area contributed by atoms with Crippen LogP contribution in [0.2, 0.25) is 0 Å². The third kappa shape index (κ3) is 8.22. The Morgan fingerprint density at radius 2 is 1.87 bits per heavy atom. The molecular weight excluding hydrogens is 514 g/mol. The first-order chi connectivity index (χ1) is 18.1. The van der Waals surface area contributed by atoms with Gasteiger partial charge in [0.05, 0.1) is 22.5 Å². The molecule has 0 spiro atoms. The highest BCUT2D eigenvalue weighted by molar-refractivity contribution is 7.92. The van der Waals surface area contributed by atoms with Crippen LogP contribution in [-0.4, -0.2) is 67.9 Å². The maximum absolute atomic E-state index is 13.7. The van der Waals surface area contributed by atoms with E-state index >= 15 is 0 Å². The van der Waals surface area contributed by atoms with E-state index in [0.717, 1.165) is 36.2 Å². The molecule has 3 unspecified atom stereocenters. The maximum atomic E-state index is 13.7. The monoisotopic (exact) mass is 549 g/mol. The number of amides is 1. The lowest BCUT2D eigenvalue weighted by molar-refractivity contribution is -0.384. The number of carbonyl (C=O) groups is 1. The quantitative estimate of drug-likeness (QED) is 0.267. The van der Waals surface area contributed by atoms with Crippen LogP contribution in [0.1, 0.15) is 32.3 Å². The molecule has 1 saturated heterocycles. The number of carbonyl (C=O) groups excluding carboxylic acids is 1. The largest absolute Gasteiger partial charge is 0.444 e. The highest BCUT2D eigenvalue weighted by Crippen LogP contribution is 2.23. The average Bonchev–Trinajstić information content (AvgIpc) is 2.89. The summed E-state index contributed by atoms with van der Waals surface area (Å²) >= 11 is 0. The molecule has 0 aliphatic carbocycles. The normalized spacial score (nSPS) is 18.4. The Balaban J connectivity index is 1.90. The van der Waals surface area contributed by atoms with Gasteiger partial charge in [-0.15, -0.1) is 0 Å². The fraction of sp³-hybridized carbons (Fsp3) is 0.500. The van der Waals surface area contributed by atoms with Crippen LogP contribution in [0, 0.1) is 16.0 Å². The highest BCUT2D eigenvalue weighted by Gasteiger charge is 2.39. The number of hydrogen-bond donors (Lipinski definition) is 3. The minimum atomic E-state index is -4.23. The van der Waals surface area contributed by atoms with Gasteiger partial charge in [-0.2, -0.15) is 0 Å². The van der Waals surface area contributed by atoms with Gasteiger partial charge in [0.15, 0.2) is 9.84 Å². The van der Waals surface area contributed by atoms with Crippen molar-refractivity contribution in [2.75, 3.05) is 19.8 Å². The SMILES string of the molecule is CC(C)CNC(C(O)C(Cc1ccccc1)NC(=O)O[C@H]1CCCOC1)S(=O)(=O)c1ccc([N+](=O)[O-])cc1. The smallest absolute Gasteiger partial charge is 0.407 e. The van der Waals surface area contributed by atoms with E-state index in [4.69, 9.17) is 9.47 Å². The van der Waals surface area contributed by atoms with Gasteiger partial charge in [-0.1, -0.05) is 44.2 Å². The lowest BCUT2D eigenvalue weighted by atomic mass is 10.0. The zero-order valence-corrected chi connectivity index (χ0v) is 22.3. The standard InChI is InChI=1S/C26H35N3O8S/c1-18(2)16-27-25(38(34,35)22-12-10-20(11-13-22)29(32)33)24(30)23(15-19-7-4-3-5-8-19)28-26(31)37-21-9-6-14-36-17-21/h3-5,7-8,10-13,18,21,23-25,27,30H,6,9,14-17H2,1-2H3,(H,28,31)/t21-,23?,24?,25?/m0/s1. The summed E-state index contributed by atoms with van der Waals surface area (Å²) < 4.78 is 38.2. The molecule has 12 heteroatoms. The van der Waals surface area contributed by atoms with E-state index in [2.05, 4.69) is 10.6 Å².